The smallest absolute Gasteiger partial charge is 0.259 e. The van der Waals surface area contributed by atoms with Crippen molar-refractivity contribution >= 4 is 11.6 Å². The summed E-state index contributed by atoms with van der Waals surface area (Å²) in [5.41, 5.74) is -0.584. The van der Waals surface area contributed by atoms with E-state index in [0.29, 0.717) is 0 Å². The average Bonchev–Trinajstić information content (AvgIpc) is 2.45. The van der Waals surface area contributed by atoms with Gasteiger partial charge in [0.25, 0.3) is 5.91 Å². The largest absolute Gasteiger partial charge is 0.504 e. The molecule has 0 saturated heterocycles. The quantitative estimate of drug-likeness (QED) is 0.324. The lowest BCUT2D eigenvalue weighted by molar-refractivity contribution is 0.102. The van der Waals surface area contributed by atoms with Crippen LogP contribution in [-0.2, 0) is 0 Å². The number of carbonyl (C=O) groups excluding carboxylic acids is 1. The third-order valence-corrected chi connectivity index (χ3v) is 2.75. The van der Waals surface area contributed by atoms with Gasteiger partial charge >= 0.3 is 0 Å². The van der Waals surface area contributed by atoms with Crippen molar-refractivity contribution in [2.45, 2.75) is 0 Å². The Morgan fingerprint density at radius 3 is 1.86 bits per heavy atom. The van der Waals surface area contributed by atoms with E-state index in [4.69, 9.17) is 10.2 Å². The first-order chi connectivity index (χ1) is 9.82. The van der Waals surface area contributed by atoms with E-state index < -0.39 is 40.4 Å². The molecule has 0 heterocycles. The lowest BCUT2D eigenvalue weighted by Gasteiger charge is -2.11. The van der Waals surface area contributed by atoms with E-state index >= 15 is 0 Å². The van der Waals surface area contributed by atoms with E-state index in [-0.39, 0.29) is 11.3 Å². The van der Waals surface area contributed by atoms with Crippen LogP contribution >= 0.6 is 0 Å². The second-order valence-electron chi connectivity index (χ2n) is 4.11. The predicted molar refractivity (Wildman–Crippen MR) is 70.8 cm³/mol. The van der Waals surface area contributed by atoms with Gasteiger partial charge in [0.1, 0.15) is 0 Å². The Balaban J connectivity index is 2.35. The van der Waals surface area contributed by atoms with Crippen LogP contribution in [0.25, 0.3) is 0 Å². The number of phenolic OH excluding ortho intramolecular Hbond substituents is 6. The Kier molecular flexibility index (Phi) is 3.37. The van der Waals surface area contributed by atoms with E-state index in [1.807, 2.05) is 0 Å². The molecule has 110 valence electrons. The third kappa shape index (κ3) is 2.41. The van der Waals surface area contributed by atoms with E-state index in [0.717, 1.165) is 24.3 Å². The number of amides is 1. The summed E-state index contributed by atoms with van der Waals surface area (Å²) in [5.74, 6) is -5.36. The van der Waals surface area contributed by atoms with Gasteiger partial charge in [-0.3, -0.25) is 4.79 Å². The minimum atomic E-state index is -0.914. The molecule has 21 heavy (non-hydrogen) atoms. The molecule has 2 rings (SSSR count). The second kappa shape index (κ2) is 5.00. The van der Waals surface area contributed by atoms with Crippen molar-refractivity contribution in [2.75, 3.05) is 5.32 Å². The molecule has 0 aliphatic heterocycles. The summed E-state index contributed by atoms with van der Waals surface area (Å²) >= 11 is 0. The predicted octanol–water partition coefficient (Wildman–Crippen LogP) is 1.17. The Morgan fingerprint density at radius 1 is 0.714 bits per heavy atom. The van der Waals surface area contributed by atoms with Crippen LogP contribution < -0.4 is 5.32 Å². The highest BCUT2D eigenvalue weighted by atomic mass is 16.3. The Labute approximate surface area is 117 Å². The van der Waals surface area contributed by atoms with Gasteiger partial charge in [0.2, 0.25) is 11.5 Å². The summed E-state index contributed by atoms with van der Waals surface area (Å²) in [7, 11) is 0. The van der Waals surface area contributed by atoms with Gasteiger partial charge < -0.3 is 36.0 Å². The summed E-state index contributed by atoms with van der Waals surface area (Å²) in [6, 6.07) is 4.22. The Hall–Kier alpha value is -3.29. The van der Waals surface area contributed by atoms with Gasteiger partial charge in [0.05, 0.1) is 11.3 Å². The molecule has 0 atom stereocenters. The molecule has 0 radical (unpaired) electrons. The zero-order valence-corrected chi connectivity index (χ0v) is 10.4. The highest BCUT2D eigenvalue weighted by molar-refractivity contribution is 6.07. The average molecular weight is 293 g/mol. The van der Waals surface area contributed by atoms with Crippen LogP contribution in [0.3, 0.4) is 0 Å². The maximum Gasteiger partial charge on any atom is 0.259 e. The molecule has 1 amide bonds. The monoisotopic (exact) mass is 293 g/mol. The van der Waals surface area contributed by atoms with Crippen molar-refractivity contribution in [3.63, 3.8) is 0 Å². The first-order valence-electron chi connectivity index (χ1n) is 5.62. The maximum absolute atomic E-state index is 11.9. The van der Waals surface area contributed by atoms with Crippen LogP contribution in [0.4, 0.5) is 5.69 Å². The van der Waals surface area contributed by atoms with Crippen LogP contribution in [-0.4, -0.2) is 36.5 Å². The van der Waals surface area contributed by atoms with Crippen LogP contribution in [0.1, 0.15) is 10.4 Å². The number of benzene rings is 2. The second-order valence-corrected chi connectivity index (χ2v) is 4.11. The fourth-order valence-electron chi connectivity index (χ4n) is 1.61. The SMILES string of the molecule is O=C(Nc1ccc(O)c(O)c1O)c1ccc(O)c(O)c1O. The minimum Gasteiger partial charge on any atom is -0.504 e. The number of rotatable bonds is 2. The molecule has 8 nitrogen and oxygen atoms in total. The van der Waals surface area contributed by atoms with E-state index in [1.165, 1.54) is 0 Å². The topological polar surface area (TPSA) is 150 Å². The highest BCUT2D eigenvalue weighted by Crippen LogP contribution is 2.41. The van der Waals surface area contributed by atoms with Gasteiger partial charge in [-0.25, -0.2) is 0 Å². The molecule has 2 aromatic carbocycles. The molecule has 0 spiro atoms. The number of hydrogen-bond acceptors (Lipinski definition) is 7. The van der Waals surface area contributed by atoms with E-state index in [1.54, 1.807) is 0 Å². The number of carbonyl (C=O) groups is 1. The van der Waals surface area contributed by atoms with Gasteiger partial charge in [-0.05, 0) is 24.3 Å². The number of hydrogen-bond donors (Lipinski definition) is 7. The van der Waals surface area contributed by atoms with Gasteiger partial charge in [-0.1, -0.05) is 0 Å². The number of nitrogens with one attached hydrogen (secondary N) is 1. The molecule has 8 heteroatoms. The van der Waals surface area contributed by atoms with Gasteiger partial charge in [0.15, 0.2) is 23.0 Å². The lowest BCUT2D eigenvalue weighted by Crippen LogP contribution is -2.12. The molecular formula is C13H11NO7. The van der Waals surface area contributed by atoms with E-state index in [2.05, 4.69) is 5.32 Å². The van der Waals surface area contributed by atoms with Gasteiger partial charge in [-0.15, -0.1) is 0 Å². The van der Waals surface area contributed by atoms with Crippen molar-refractivity contribution in [1.82, 2.24) is 0 Å². The van der Waals surface area contributed by atoms with Crippen LogP contribution in [0, 0.1) is 0 Å². The highest BCUT2D eigenvalue weighted by Gasteiger charge is 2.19. The normalized spacial score (nSPS) is 10.3. The number of phenols is 6. The van der Waals surface area contributed by atoms with Crippen molar-refractivity contribution in [1.29, 1.82) is 0 Å². The Bertz CT molecular complexity index is 727. The summed E-state index contributed by atoms with van der Waals surface area (Å²) in [5, 5.41) is 58.3. The van der Waals surface area contributed by atoms with Crippen LogP contribution in [0.15, 0.2) is 24.3 Å². The fourth-order valence-corrected chi connectivity index (χ4v) is 1.61. The molecule has 0 bridgehead atoms. The molecule has 7 N–H and O–H groups in total. The zero-order valence-electron chi connectivity index (χ0n) is 10.4. The molecule has 0 aromatic heterocycles. The first kappa shape index (κ1) is 14.1. The van der Waals surface area contributed by atoms with Crippen molar-refractivity contribution in [3.05, 3.63) is 29.8 Å². The van der Waals surface area contributed by atoms with Crippen molar-refractivity contribution in [3.8, 4) is 34.5 Å². The van der Waals surface area contributed by atoms with Gasteiger partial charge in [-0.2, -0.15) is 0 Å². The zero-order chi connectivity index (χ0) is 15.7. The summed E-state index contributed by atoms with van der Waals surface area (Å²) < 4.78 is 0. The number of anilines is 1. The van der Waals surface area contributed by atoms with Crippen molar-refractivity contribution in [2.24, 2.45) is 0 Å². The maximum atomic E-state index is 11.9. The third-order valence-electron chi connectivity index (χ3n) is 2.75. The minimum absolute atomic E-state index is 0.220. The van der Waals surface area contributed by atoms with Crippen LogP contribution in [0.5, 0.6) is 34.5 Å². The molecule has 0 aliphatic rings. The summed E-state index contributed by atoms with van der Waals surface area (Å²) in [4.78, 5) is 11.9. The van der Waals surface area contributed by atoms with Crippen LogP contribution in [0.2, 0.25) is 0 Å². The molecule has 0 saturated carbocycles. The Morgan fingerprint density at radius 2 is 1.24 bits per heavy atom. The van der Waals surface area contributed by atoms with Crippen molar-refractivity contribution < 1.29 is 35.4 Å². The summed E-state index contributed by atoms with van der Waals surface area (Å²) in [6.45, 7) is 0. The fraction of sp³-hybridized carbons (Fsp3) is 0. The molecule has 0 fully saturated rings. The standard InChI is InChI=1S/C13H11NO7/c15-7-3-1-5(9(17)11(7)19)13(21)14-6-2-4-8(16)12(20)10(6)18/h1-4,15-20H,(H,14,21). The first-order valence-corrected chi connectivity index (χ1v) is 5.62. The molecule has 0 unspecified atom stereocenters. The molecule has 2 aromatic rings. The molecule has 0 aliphatic carbocycles. The van der Waals surface area contributed by atoms with E-state index in [9.17, 15) is 25.2 Å². The summed E-state index contributed by atoms with van der Waals surface area (Å²) in [6.07, 6.45) is 0. The van der Waals surface area contributed by atoms with Gasteiger partial charge in [0, 0.05) is 0 Å². The number of aromatic hydroxyl groups is 6. The molecular weight excluding hydrogens is 282 g/mol. The lowest BCUT2D eigenvalue weighted by atomic mass is 10.1.